The van der Waals surface area contributed by atoms with Crippen LogP contribution in [0.15, 0.2) is 18.8 Å². The Labute approximate surface area is 76.1 Å². The average molecular weight is 185 g/mol. The van der Waals surface area contributed by atoms with E-state index in [1.807, 2.05) is 6.92 Å². The zero-order valence-electron chi connectivity index (χ0n) is 6.75. The zero-order valence-corrected chi connectivity index (χ0v) is 7.51. The Morgan fingerprint density at radius 1 is 1.75 bits per heavy atom. The number of halogens is 1. The van der Waals surface area contributed by atoms with Crippen LogP contribution in [-0.2, 0) is 4.74 Å². The molecule has 0 radical (unpaired) electrons. The first-order valence-corrected chi connectivity index (χ1v) is 3.92. The first-order chi connectivity index (χ1) is 5.74. The molecule has 0 bridgehead atoms. The first kappa shape index (κ1) is 9.00. The van der Waals surface area contributed by atoms with Crippen molar-refractivity contribution in [3.05, 3.63) is 29.8 Å². The van der Waals surface area contributed by atoms with Crippen LogP contribution < -0.4 is 0 Å². The first-order valence-electron chi connectivity index (χ1n) is 3.54. The maximum absolute atomic E-state index is 5.57. The molecule has 0 aliphatic heterocycles. The maximum atomic E-state index is 5.57. The summed E-state index contributed by atoms with van der Waals surface area (Å²) in [7, 11) is 0. The van der Waals surface area contributed by atoms with Crippen LogP contribution >= 0.6 is 11.6 Å². The number of ether oxygens (including phenoxy) is 1. The molecule has 1 aromatic heterocycles. The molecule has 0 aliphatic rings. The van der Waals surface area contributed by atoms with Crippen LogP contribution in [0.25, 0.3) is 5.76 Å². The summed E-state index contributed by atoms with van der Waals surface area (Å²) in [5.74, 6) is 0.516. The highest BCUT2D eigenvalue weighted by Gasteiger charge is 2.00. The Balaban J connectivity index is 2.81. The van der Waals surface area contributed by atoms with E-state index in [1.54, 1.807) is 12.3 Å². The molecule has 0 unspecified atom stereocenters. The number of rotatable bonds is 3. The van der Waals surface area contributed by atoms with Crippen molar-refractivity contribution >= 4 is 17.4 Å². The molecule has 0 atom stereocenters. The lowest BCUT2D eigenvalue weighted by atomic mass is 10.4. The van der Waals surface area contributed by atoms with Gasteiger partial charge in [0.1, 0.15) is 11.5 Å². The average Bonchev–Trinajstić information content (AvgIpc) is 2.05. The molecule has 0 aliphatic carbocycles. The van der Waals surface area contributed by atoms with Crippen molar-refractivity contribution in [1.82, 2.24) is 9.97 Å². The molecule has 0 aromatic carbocycles. The van der Waals surface area contributed by atoms with E-state index in [0.717, 1.165) is 0 Å². The fraction of sp³-hybridized carbons (Fsp3) is 0.250. The van der Waals surface area contributed by atoms with Gasteiger partial charge < -0.3 is 4.74 Å². The third-order valence-electron chi connectivity index (χ3n) is 1.23. The molecule has 3 nitrogen and oxygen atoms in total. The zero-order chi connectivity index (χ0) is 8.97. The van der Waals surface area contributed by atoms with Crippen molar-refractivity contribution in [3.8, 4) is 0 Å². The van der Waals surface area contributed by atoms with E-state index in [0.29, 0.717) is 18.1 Å². The van der Waals surface area contributed by atoms with Crippen LogP contribution in [-0.4, -0.2) is 16.6 Å². The third kappa shape index (κ3) is 2.20. The number of hydrogen-bond acceptors (Lipinski definition) is 3. The van der Waals surface area contributed by atoms with Gasteiger partial charge in [0.25, 0.3) is 0 Å². The topological polar surface area (TPSA) is 35.0 Å². The molecule has 0 saturated heterocycles. The van der Waals surface area contributed by atoms with Gasteiger partial charge in [-0.2, -0.15) is 0 Å². The molecule has 0 N–H and O–H groups in total. The highest BCUT2D eigenvalue weighted by molar-refractivity contribution is 6.28. The molecule has 0 amide bonds. The highest BCUT2D eigenvalue weighted by Crippen LogP contribution is 2.11. The number of hydrogen-bond donors (Lipinski definition) is 0. The molecular formula is C8H9ClN2O. The molecular weight excluding hydrogens is 176 g/mol. The van der Waals surface area contributed by atoms with Gasteiger partial charge in [0.05, 0.1) is 6.61 Å². The molecule has 0 spiro atoms. The quantitative estimate of drug-likeness (QED) is 0.533. The fourth-order valence-corrected chi connectivity index (χ4v) is 0.886. The SMILES string of the molecule is C=C(OCC)c1ccnc(Cl)n1. The summed E-state index contributed by atoms with van der Waals surface area (Å²) < 4.78 is 5.14. The lowest BCUT2D eigenvalue weighted by molar-refractivity contribution is 0.297. The summed E-state index contributed by atoms with van der Waals surface area (Å²) in [6.45, 7) is 6.14. The second-order valence-corrected chi connectivity index (χ2v) is 2.41. The molecule has 0 fully saturated rings. The Kier molecular flexibility index (Phi) is 3.05. The van der Waals surface area contributed by atoms with E-state index >= 15 is 0 Å². The van der Waals surface area contributed by atoms with Crippen molar-refractivity contribution in [3.63, 3.8) is 0 Å². The maximum Gasteiger partial charge on any atom is 0.222 e. The molecule has 1 rings (SSSR count). The van der Waals surface area contributed by atoms with Crippen LogP contribution in [0.2, 0.25) is 5.28 Å². The summed E-state index contributed by atoms with van der Waals surface area (Å²) in [5.41, 5.74) is 0.622. The van der Waals surface area contributed by atoms with Gasteiger partial charge in [-0.3, -0.25) is 0 Å². The molecule has 64 valence electrons. The van der Waals surface area contributed by atoms with Gasteiger partial charge in [0.15, 0.2) is 0 Å². The molecule has 1 aromatic rings. The Morgan fingerprint density at radius 2 is 2.50 bits per heavy atom. The minimum absolute atomic E-state index is 0.202. The second kappa shape index (κ2) is 4.07. The standard InChI is InChI=1S/C8H9ClN2O/c1-3-12-6(2)7-4-5-10-8(9)11-7/h4-5H,2-3H2,1H3. The van der Waals surface area contributed by atoms with Crippen LogP contribution in [0.4, 0.5) is 0 Å². The summed E-state index contributed by atoms with van der Waals surface area (Å²) in [6.07, 6.45) is 1.56. The van der Waals surface area contributed by atoms with Gasteiger partial charge in [-0.05, 0) is 24.6 Å². The van der Waals surface area contributed by atoms with Gasteiger partial charge in [0.2, 0.25) is 5.28 Å². The van der Waals surface area contributed by atoms with Crippen molar-refractivity contribution in [1.29, 1.82) is 0 Å². The lowest BCUT2D eigenvalue weighted by Crippen LogP contribution is -1.94. The van der Waals surface area contributed by atoms with Crippen molar-refractivity contribution in [2.75, 3.05) is 6.61 Å². The van der Waals surface area contributed by atoms with E-state index in [9.17, 15) is 0 Å². The summed E-state index contributed by atoms with van der Waals surface area (Å²) >= 11 is 5.57. The minimum Gasteiger partial charge on any atom is -0.492 e. The predicted octanol–water partition coefficient (Wildman–Crippen LogP) is 2.14. The van der Waals surface area contributed by atoms with Gasteiger partial charge >= 0.3 is 0 Å². The van der Waals surface area contributed by atoms with E-state index in [1.165, 1.54) is 0 Å². The number of aromatic nitrogens is 2. The Bertz CT molecular complexity index is 288. The molecule has 1 heterocycles. The van der Waals surface area contributed by atoms with Crippen LogP contribution in [0, 0.1) is 0 Å². The number of nitrogens with zero attached hydrogens (tertiary/aromatic N) is 2. The van der Waals surface area contributed by atoms with E-state index < -0.39 is 0 Å². The monoisotopic (exact) mass is 184 g/mol. The van der Waals surface area contributed by atoms with Crippen molar-refractivity contribution in [2.24, 2.45) is 0 Å². The fourth-order valence-electron chi connectivity index (χ4n) is 0.738. The van der Waals surface area contributed by atoms with E-state index in [2.05, 4.69) is 16.5 Å². The third-order valence-corrected chi connectivity index (χ3v) is 1.41. The molecule has 4 heteroatoms. The summed E-state index contributed by atoms with van der Waals surface area (Å²) in [4.78, 5) is 7.66. The lowest BCUT2D eigenvalue weighted by Gasteiger charge is -2.04. The predicted molar refractivity (Wildman–Crippen MR) is 47.7 cm³/mol. The van der Waals surface area contributed by atoms with Crippen LogP contribution in [0.3, 0.4) is 0 Å². The van der Waals surface area contributed by atoms with Gasteiger partial charge in [-0.1, -0.05) is 6.58 Å². The summed E-state index contributed by atoms with van der Waals surface area (Å²) in [5, 5.41) is 0.202. The molecule has 0 saturated carbocycles. The van der Waals surface area contributed by atoms with E-state index in [4.69, 9.17) is 16.3 Å². The second-order valence-electron chi connectivity index (χ2n) is 2.07. The van der Waals surface area contributed by atoms with Gasteiger partial charge in [-0.15, -0.1) is 0 Å². The smallest absolute Gasteiger partial charge is 0.222 e. The van der Waals surface area contributed by atoms with Gasteiger partial charge in [0, 0.05) is 6.20 Å². The molecule has 12 heavy (non-hydrogen) atoms. The van der Waals surface area contributed by atoms with Crippen LogP contribution in [0.1, 0.15) is 12.6 Å². The minimum atomic E-state index is 0.202. The van der Waals surface area contributed by atoms with Crippen LogP contribution in [0.5, 0.6) is 0 Å². The Morgan fingerprint density at radius 3 is 3.08 bits per heavy atom. The highest BCUT2D eigenvalue weighted by atomic mass is 35.5. The van der Waals surface area contributed by atoms with Crippen molar-refractivity contribution < 1.29 is 4.74 Å². The van der Waals surface area contributed by atoms with Gasteiger partial charge in [-0.25, -0.2) is 9.97 Å². The van der Waals surface area contributed by atoms with Crippen molar-refractivity contribution in [2.45, 2.75) is 6.92 Å². The Hall–Kier alpha value is -1.09. The largest absolute Gasteiger partial charge is 0.492 e. The van der Waals surface area contributed by atoms with E-state index in [-0.39, 0.29) is 5.28 Å². The normalized spacial score (nSPS) is 9.50. The summed E-state index contributed by atoms with van der Waals surface area (Å²) in [6, 6.07) is 1.70.